The molecule has 2 aromatic heterocycles. The van der Waals surface area contributed by atoms with Gasteiger partial charge in [-0.05, 0) is 25.1 Å². The van der Waals surface area contributed by atoms with Crippen LogP contribution in [0.25, 0.3) is 27.5 Å². The van der Waals surface area contributed by atoms with Crippen LogP contribution in [0.3, 0.4) is 0 Å². The molecule has 0 unspecified atom stereocenters. The minimum atomic E-state index is -0.479. The van der Waals surface area contributed by atoms with Crippen LogP contribution in [0.2, 0.25) is 0 Å². The lowest BCUT2D eigenvalue weighted by atomic mass is 10.1. The van der Waals surface area contributed by atoms with Gasteiger partial charge in [-0.3, -0.25) is 4.79 Å². The van der Waals surface area contributed by atoms with Crippen LogP contribution in [-0.4, -0.2) is 34.5 Å². The number of carbonyl (C=O) groups excluding carboxylic acids is 1. The normalized spacial score (nSPS) is 11.1. The highest BCUT2D eigenvalue weighted by Gasteiger charge is 2.18. The van der Waals surface area contributed by atoms with Gasteiger partial charge in [0.2, 0.25) is 0 Å². The average molecular weight is 378 g/mol. The number of anilines is 1. The molecule has 0 saturated heterocycles. The van der Waals surface area contributed by atoms with Crippen molar-refractivity contribution in [3.05, 3.63) is 58.4 Å². The van der Waals surface area contributed by atoms with Crippen molar-refractivity contribution in [1.82, 2.24) is 14.8 Å². The van der Waals surface area contributed by atoms with Gasteiger partial charge >= 0.3 is 5.97 Å². The molecule has 2 aromatic carbocycles. The molecule has 0 aliphatic heterocycles. The highest BCUT2D eigenvalue weighted by Crippen LogP contribution is 2.30. The summed E-state index contributed by atoms with van der Waals surface area (Å²) >= 11 is 0. The third-order valence-corrected chi connectivity index (χ3v) is 4.64. The number of ether oxygens (including phenoxy) is 2. The van der Waals surface area contributed by atoms with E-state index >= 15 is 0 Å². The van der Waals surface area contributed by atoms with Crippen LogP contribution >= 0.6 is 0 Å². The number of carbonyl (C=O) groups is 1. The highest BCUT2D eigenvalue weighted by molar-refractivity contribution is 6.06. The van der Waals surface area contributed by atoms with E-state index in [1.165, 1.54) is 11.8 Å². The second-order valence-corrected chi connectivity index (χ2v) is 6.29. The van der Waals surface area contributed by atoms with Gasteiger partial charge in [0.15, 0.2) is 6.61 Å². The number of esters is 1. The van der Waals surface area contributed by atoms with Crippen molar-refractivity contribution in [3.63, 3.8) is 0 Å². The molecule has 0 spiro atoms. The number of nitrogens with two attached hydrogens (primary N) is 1. The van der Waals surface area contributed by atoms with E-state index in [9.17, 15) is 9.59 Å². The standard InChI is InChI=1S/C20H18N4O4/c1-11-14(8-5-9-15(11)28-10-16(25)27-2)24-19(21)17-18(23-24)12-6-3-4-7-13(12)22-20(17)26/h3-9H,10,21H2,1-2H3,(H,22,26). The number of para-hydroxylation sites is 1. The van der Waals surface area contributed by atoms with Gasteiger partial charge in [0.1, 0.15) is 22.5 Å². The third-order valence-electron chi connectivity index (χ3n) is 4.64. The Morgan fingerprint density at radius 3 is 2.79 bits per heavy atom. The molecule has 4 aromatic rings. The van der Waals surface area contributed by atoms with Crippen LogP contribution in [-0.2, 0) is 9.53 Å². The van der Waals surface area contributed by atoms with Gasteiger partial charge in [-0.15, -0.1) is 0 Å². The molecule has 8 nitrogen and oxygen atoms in total. The van der Waals surface area contributed by atoms with Crippen molar-refractivity contribution >= 4 is 33.6 Å². The molecule has 0 bridgehead atoms. The zero-order chi connectivity index (χ0) is 19.8. The Labute approximate surface area is 159 Å². The van der Waals surface area contributed by atoms with E-state index in [1.807, 2.05) is 37.3 Å². The minimum absolute atomic E-state index is 0.207. The first-order chi connectivity index (χ1) is 13.5. The largest absolute Gasteiger partial charge is 0.482 e. The summed E-state index contributed by atoms with van der Waals surface area (Å²) in [5.74, 6) is 0.253. The zero-order valence-corrected chi connectivity index (χ0v) is 15.4. The van der Waals surface area contributed by atoms with E-state index in [4.69, 9.17) is 10.5 Å². The summed E-state index contributed by atoms with van der Waals surface area (Å²) in [7, 11) is 1.30. The number of methoxy groups -OCH3 is 1. The molecule has 0 aliphatic carbocycles. The van der Waals surface area contributed by atoms with Crippen molar-refractivity contribution < 1.29 is 14.3 Å². The molecule has 0 fully saturated rings. The molecule has 2 heterocycles. The molecule has 0 saturated carbocycles. The van der Waals surface area contributed by atoms with E-state index < -0.39 is 5.97 Å². The number of aromatic amines is 1. The molecule has 4 rings (SSSR count). The summed E-state index contributed by atoms with van der Waals surface area (Å²) in [5.41, 5.74) is 8.59. The van der Waals surface area contributed by atoms with E-state index in [1.54, 1.807) is 12.1 Å². The van der Waals surface area contributed by atoms with Gasteiger partial charge in [0.25, 0.3) is 5.56 Å². The number of nitrogen functional groups attached to an aromatic ring is 1. The summed E-state index contributed by atoms with van der Waals surface area (Å²) in [6.45, 7) is 1.62. The number of fused-ring (bicyclic) bond motifs is 3. The molecule has 0 radical (unpaired) electrons. The molecule has 0 amide bonds. The Morgan fingerprint density at radius 1 is 1.21 bits per heavy atom. The summed E-state index contributed by atoms with van der Waals surface area (Å²) in [5, 5.41) is 5.75. The molecular weight excluding hydrogens is 360 g/mol. The number of benzene rings is 2. The second kappa shape index (κ2) is 6.73. The summed E-state index contributed by atoms with van der Waals surface area (Å²) in [4.78, 5) is 26.8. The minimum Gasteiger partial charge on any atom is -0.482 e. The summed E-state index contributed by atoms with van der Waals surface area (Å²) < 4.78 is 11.7. The van der Waals surface area contributed by atoms with Crippen molar-refractivity contribution in [2.45, 2.75) is 6.92 Å². The third kappa shape index (κ3) is 2.75. The zero-order valence-electron chi connectivity index (χ0n) is 15.4. The van der Waals surface area contributed by atoms with E-state index in [-0.39, 0.29) is 18.0 Å². The van der Waals surface area contributed by atoms with Gasteiger partial charge in [0.05, 0.1) is 18.3 Å². The summed E-state index contributed by atoms with van der Waals surface area (Å²) in [6.07, 6.45) is 0. The second-order valence-electron chi connectivity index (χ2n) is 6.29. The lowest BCUT2D eigenvalue weighted by Gasteiger charge is -2.13. The predicted octanol–water partition coefficient (Wildman–Crippen LogP) is 2.31. The van der Waals surface area contributed by atoms with E-state index in [0.717, 1.165) is 10.9 Å². The van der Waals surface area contributed by atoms with Crippen molar-refractivity contribution in [2.24, 2.45) is 0 Å². The molecule has 28 heavy (non-hydrogen) atoms. The Bertz CT molecular complexity index is 1270. The lowest BCUT2D eigenvalue weighted by molar-refractivity contribution is -0.142. The fraction of sp³-hybridized carbons (Fsp3) is 0.150. The van der Waals surface area contributed by atoms with Gasteiger partial charge in [-0.2, -0.15) is 5.10 Å². The number of rotatable bonds is 4. The first-order valence-corrected chi connectivity index (χ1v) is 8.60. The molecule has 8 heteroatoms. The van der Waals surface area contributed by atoms with E-state index in [0.29, 0.717) is 27.9 Å². The monoisotopic (exact) mass is 378 g/mol. The van der Waals surface area contributed by atoms with Crippen LogP contribution < -0.4 is 16.0 Å². The van der Waals surface area contributed by atoms with Crippen molar-refractivity contribution in [2.75, 3.05) is 19.5 Å². The number of pyridine rings is 1. The highest BCUT2D eigenvalue weighted by atomic mass is 16.6. The van der Waals surface area contributed by atoms with Gasteiger partial charge in [-0.1, -0.05) is 24.3 Å². The predicted molar refractivity (Wildman–Crippen MR) is 106 cm³/mol. The van der Waals surface area contributed by atoms with Crippen molar-refractivity contribution in [3.8, 4) is 11.4 Å². The maximum atomic E-state index is 12.6. The number of H-pyrrole nitrogens is 1. The van der Waals surface area contributed by atoms with Crippen molar-refractivity contribution in [1.29, 1.82) is 0 Å². The number of nitrogens with zero attached hydrogens (tertiary/aromatic N) is 2. The Hall–Kier alpha value is -3.81. The van der Waals surface area contributed by atoms with Crippen LogP contribution in [0, 0.1) is 6.92 Å². The first kappa shape index (κ1) is 17.6. The number of nitrogens with one attached hydrogen (secondary N) is 1. The van der Waals surface area contributed by atoms with Gasteiger partial charge in [0, 0.05) is 10.9 Å². The Morgan fingerprint density at radius 2 is 2.00 bits per heavy atom. The first-order valence-electron chi connectivity index (χ1n) is 8.60. The summed E-state index contributed by atoms with van der Waals surface area (Å²) in [6, 6.07) is 12.7. The quantitative estimate of drug-likeness (QED) is 0.527. The maximum absolute atomic E-state index is 12.6. The number of hydrogen-bond acceptors (Lipinski definition) is 6. The molecule has 0 atom stereocenters. The number of hydrogen-bond donors (Lipinski definition) is 2. The van der Waals surface area contributed by atoms with E-state index in [2.05, 4.69) is 14.8 Å². The smallest absolute Gasteiger partial charge is 0.343 e. The van der Waals surface area contributed by atoms with Crippen LogP contribution in [0.15, 0.2) is 47.3 Å². The fourth-order valence-corrected chi connectivity index (χ4v) is 3.19. The molecule has 0 aliphatic rings. The Kier molecular flexibility index (Phi) is 4.23. The molecule has 3 N–H and O–H groups in total. The molecule has 142 valence electrons. The average Bonchev–Trinajstić information content (AvgIpc) is 3.05. The van der Waals surface area contributed by atoms with Gasteiger partial charge in [-0.25, -0.2) is 9.48 Å². The lowest BCUT2D eigenvalue weighted by Crippen LogP contribution is -2.14. The fourth-order valence-electron chi connectivity index (χ4n) is 3.19. The van der Waals surface area contributed by atoms with Crippen LogP contribution in [0.4, 0.5) is 5.82 Å². The van der Waals surface area contributed by atoms with Crippen LogP contribution in [0.1, 0.15) is 5.56 Å². The number of aromatic nitrogens is 3. The maximum Gasteiger partial charge on any atom is 0.343 e. The molecular formula is C20H18N4O4. The van der Waals surface area contributed by atoms with Crippen LogP contribution in [0.5, 0.6) is 5.75 Å². The Balaban J connectivity index is 1.89. The topological polar surface area (TPSA) is 112 Å². The SMILES string of the molecule is COC(=O)COc1cccc(-n2nc3c(c2N)c(=O)[nH]c2ccccc23)c1C. The van der Waals surface area contributed by atoms with Gasteiger partial charge < -0.3 is 20.2 Å².